The third-order valence-electron chi connectivity index (χ3n) is 2.25. The van der Waals surface area contributed by atoms with Crippen molar-refractivity contribution in [2.45, 2.75) is 38.5 Å². The van der Waals surface area contributed by atoms with Crippen molar-refractivity contribution in [3.05, 3.63) is 11.7 Å². The molecule has 1 heterocycles. The Morgan fingerprint density at radius 2 is 2.09 bits per heavy atom. The first-order valence-corrected chi connectivity index (χ1v) is 4.16. The van der Waals surface area contributed by atoms with Crippen molar-refractivity contribution in [1.29, 1.82) is 0 Å². The van der Waals surface area contributed by atoms with E-state index in [9.17, 15) is 0 Å². The van der Waals surface area contributed by atoms with Crippen LogP contribution in [0.25, 0.3) is 0 Å². The van der Waals surface area contributed by atoms with Gasteiger partial charge in [-0.25, -0.2) is 0 Å². The molecule has 0 amide bonds. The largest absolute Gasteiger partial charge is 0.339 e. The molecule has 1 aromatic heterocycles. The molecule has 2 rings (SSSR count). The van der Waals surface area contributed by atoms with Gasteiger partial charge in [-0.2, -0.15) is 4.98 Å². The van der Waals surface area contributed by atoms with Crippen LogP contribution in [-0.4, -0.2) is 10.1 Å². The van der Waals surface area contributed by atoms with Gasteiger partial charge in [0.05, 0.1) is 0 Å². The lowest BCUT2D eigenvalue weighted by molar-refractivity contribution is 0.351. The summed E-state index contributed by atoms with van der Waals surface area (Å²) in [5.74, 6) is 2.16. The molecule has 1 aromatic rings. The van der Waals surface area contributed by atoms with E-state index in [2.05, 4.69) is 10.1 Å². The van der Waals surface area contributed by atoms with E-state index in [0.717, 1.165) is 11.7 Å². The molecular weight excluding hydrogens is 140 g/mol. The first kappa shape index (κ1) is 6.83. The Hall–Kier alpha value is -0.860. The average Bonchev–Trinajstić information content (AvgIpc) is 2.55. The van der Waals surface area contributed by atoms with Crippen LogP contribution in [0.2, 0.25) is 0 Å². The van der Waals surface area contributed by atoms with Gasteiger partial charge in [0, 0.05) is 5.92 Å². The minimum absolute atomic E-state index is 0.552. The number of nitrogens with zero attached hydrogens (tertiary/aromatic N) is 2. The molecule has 0 spiro atoms. The number of aromatic nitrogens is 2. The molecule has 0 saturated heterocycles. The molecule has 1 saturated carbocycles. The maximum absolute atomic E-state index is 5.09. The number of aryl methyl sites for hydroxylation is 1. The molecule has 0 bridgehead atoms. The van der Waals surface area contributed by atoms with Crippen LogP contribution in [0.3, 0.4) is 0 Å². The lowest BCUT2D eigenvalue weighted by atomic mass is 10.1. The highest BCUT2D eigenvalue weighted by molar-refractivity contribution is 4.94. The highest BCUT2D eigenvalue weighted by Gasteiger charge is 2.21. The van der Waals surface area contributed by atoms with Gasteiger partial charge in [-0.15, -0.1) is 0 Å². The van der Waals surface area contributed by atoms with Crippen LogP contribution in [0.15, 0.2) is 4.52 Å². The van der Waals surface area contributed by atoms with Gasteiger partial charge in [-0.3, -0.25) is 0 Å². The highest BCUT2D eigenvalue weighted by atomic mass is 16.5. The quantitative estimate of drug-likeness (QED) is 0.618. The lowest BCUT2D eigenvalue weighted by Gasteiger charge is -1.98. The van der Waals surface area contributed by atoms with E-state index >= 15 is 0 Å². The fourth-order valence-electron chi connectivity index (χ4n) is 1.65. The van der Waals surface area contributed by atoms with Crippen LogP contribution in [-0.2, 0) is 0 Å². The fourth-order valence-corrected chi connectivity index (χ4v) is 1.65. The summed E-state index contributed by atoms with van der Waals surface area (Å²) in [7, 11) is 0. The second-order valence-corrected chi connectivity index (χ2v) is 3.16. The summed E-state index contributed by atoms with van der Waals surface area (Å²) in [5, 5.41) is 3.78. The molecule has 0 radical (unpaired) electrons. The first-order chi connectivity index (χ1) is 5.36. The highest BCUT2D eigenvalue weighted by Crippen LogP contribution is 2.32. The van der Waals surface area contributed by atoms with Crippen molar-refractivity contribution >= 4 is 0 Å². The summed E-state index contributed by atoms with van der Waals surface area (Å²) >= 11 is 0. The normalized spacial score (nSPS) is 19.4. The van der Waals surface area contributed by atoms with Gasteiger partial charge in [-0.1, -0.05) is 18.0 Å². The zero-order chi connectivity index (χ0) is 7.68. The molecular formula is C8H12N2O. The summed E-state index contributed by atoms with van der Waals surface area (Å²) in [5.41, 5.74) is 0. The summed E-state index contributed by atoms with van der Waals surface area (Å²) in [6, 6.07) is 0. The van der Waals surface area contributed by atoms with Gasteiger partial charge < -0.3 is 4.52 Å². The Balaban J connectivity index is 2.15. The molecule has 11 heavy (non-hydrogen) atoms. The van der Waals surface area contributed by atoms with Gasteiger partial charge in [-0.05, 0) is 19.8 Å². The number of hydrogen-bond acceptors (Lipinski definition) is 3. The zero-order valence-corrected chi connectivity index (χ0v) is 6.71. The number of hydrogen-bond donors (Lipinski definition) is 0. The molecule has 0 unspecified atom stereocenters. The van der Waals surface area contributed by atoms with Crippen molar-refractivity contribution in [3.63, 3.8) is 0 Å². The molecule has 1 fully saturated rings. The molecule has 1 aliphatic rings. The minimum atomic E-state index is 0.552. The molecule has 1 aliphatic carbocycles. The van der Waals surface area contributed by atoms with Crippen LogP contribution in [0, 0.1) is 6.92 Å². The average molecular weight is 152 g/mol. The Labute approximate surface area is 65.8 Å². The first-order valence-electron chi connectivity index (χ1n) is 4.16. The molecule has 3 heteroatoms. The molecule has 0 N–H and O–H groups in total. The Morgan fingerprint density at radius 3 is 2.64 bits per heavy atom. The SMILES string of the molecule is Cc1noc(C2CCCC2)n1. The van der Waals surface area contributed by atoms with Gasteiger partial charge >= 0.3 is 0 Å². The van der Waals surface area contributed by atoms with Crippen molar-refractivity contribution in [3.8, 4) is 0 Å². The predicted molar refractivity (Wildman–Crippen MR) is 40.2 cm³/mol. The Kier molecular flexibility index (Phi) is 1.64. The lowest BCUT2D eigenvalue weighted by Crippen LogP contribution is -1.91. The second-order valence-electron chi connectivity index (χ2n) is 3.16. The standard InChI is InChI=1S/C8H12N2O/c1-6-9-8(11-10-6)7-4-2-3-5-7/h7H,2-5H2,1H3. The van der Waals surface area contributed by atoms with E-state index in [-0.39, 0.29) is 0 Å². The van der Waals surface area contributed by atoms with Crippen LogP contribution in [0.5, 0.6) is 0 Å². The summed E-state index contributed by atoms with van der Waals surface area (Å²) in [6.45, 7) is 1.86. The van der Waals surface area contributed by atoms with Crippen LogP contribution >= 0.6 is 0 Å². The molecule has 0 atom stereocenters. The summed E-state index contributed by atoms with van der Waals surface area (Å²) in [6.07, 6.45) is 5.07. The van der Waals surface area contributed by atoms with Crippen molar-refractivity contribution in [1.82, 2.24) is 10.1 Å². The van der Waals surface area contributed by atoms with E-state index in [0.29, 0.717) is 5.92 Å². The van der Waals surface area contributed by atoms with Crippen LogP contribution in [0.1, 0.15) is 43.3 Å². The molecule has 60 valence electrons. The topological polar surface area (TPSA) is 38.9 Å². The monoisotopic (exact) mass is 152 g/mol. The summed E-state index contributed by atoms with van der Waals surface area (Å²) < 4.78 is 5.09. The van der Waals surface area contributed by atoms with E-state index < -0.39 is 0 Å². The fraction of sp³-hybridized carbons (Fsp3) is 0.750. The van der Waals surface area contributed by atoms with E-state index in [1.54, 1.807) is 0 Å². The van der Waals surface area contributed by atoms with Gasteiger partial charge in [0.1, 0.15) is 0 Å². The minimum Gasteiger partial charge on any atom is -0.339 e. The Bertz CT molecular complexity index is 238. The smallest absolute Gasteiger partial charge is 0.229 e. The molecule has 0 aromatic carbocycles. The zero-order valence-electron chi connectivity index (χ0n) is 6.71. The third kappa shape index (κ3) is 1.27. The molecule has 3 nitrogen and oxygen atoms in total. The van der Waals surface area contributed by atoms with Crippen LogP contribution < -0.4 is 0 Å². The summed E-state index contributed by atoms with van der Waals surface area (Å²) in [4.78, 5) is 4.21. The Morgan fingerprint density at radius 1 is 1.36 bits per heavy atom. The third-order valence-corrected chi connectivity index (χ3v) is 2.25. The van der Waals surface area contributed by atoms with Gasteiger partial charge in [0.2, 0.25) is 5.89 Å². The van der Waals surface area contributed by atoms with Crippen molar-refractivity contribution < 1.29 is 4.52 Å². The van der Waals surface area contributed by atoms with Gasteiger partial charge in [0.15, 0.2) is 5.82 Å². The van der Waals surface area contributed by atoms with Gasteiger partial charge in [0.25, 0.3) is 0 Å². The van der Waals surface area contributed by atoms with E-state index in [1.807, 2.05) is 6.92 Å². The van der Waals surface area contributed by atoms with Crippen molar-refractivity contribution in [2.75, 3.05) is 0 Å². The predicted octanol–water partition coefficient (Wildman–Crippen LogP) is 2.04. The molecule has 0 aliphatic heterocycles. The van der Waals surface area contributed by atoms with E-state index in [1.165, 1.54) is 25.7 Å². The number of rotatable bonds is 1. The maximum atomic E-state index is 5.09. The van der Waals surface area contributed by atoms with Crippen molar-refractivity contribution in [2.24, 2.45) is 0 Å². The maximum Gasteiger partial charge on any atom is 0.229 e. The second kappa shape index (κ2) is 2.64. The van der Waals surface area contributed by atoms with E-state index in [4.69, 9.17) is 4.52 Å². The van der Waals surface area contributed by atoms with Crippen LogP contribution in [0.4, 0.5) is 0 Å².